The first-order chi connectivity index (χ1) is 11.2. The zero-order valence-corrected chi connectivity index (χ0v) is 13.7. The van der Waals surface area contributed by atoms with Crippen molar-refractivity contribution in [3.05, 3.63) is 48.3 Å². The van der Waals surface area contributed by atoms with Gasteiger partial charge in [0.05, 0.1) is 18.3 Å². The molecular formula is C17H20N4OS. The van der Waals surface area contributed by atoms with Gasteiger partial charge in [0, 0.05) is 18.8 Å². The SMILES string of the molecule is NC(=O)C1CCCN(c2cncc(SCc3ccccc3)n2)C1. The standard InChI is InChI=1S/C17H20N4OS/c18-17(22)14-7-4-8-21(11-14)15-9-19-10-16(20-15)23-12-13-5-2-1-3-6-13/h1-3,5-6,9-10,14H,4,7-8,11-12H2,(H2,18,22). The van der Waals surface area contributed by atoms with Crippen LogP contribution in [0.5, 0.6) is 0 Å². The van der Waals surface area contributed by atoms with Crippen molar-refractivity contribution in [2.45, 2.75) is 23.6 Å². The van der Waals surface area contributed by atoms with E-state index in [1.165, 1.54) is 5.56 Å². The molecule has 0 aliphatic carbocycles. The highest BCUT2D eigenvalue weighted by Gasteiger charge is 2.25. The quantitative estimate of drug-likeness (QED) is 0.854. The summed E-state index contributed by atoms with van der Waals surface area (Å²) in [5.74, 6) is 1.38. The smallest absolute Gasteiger partial charge is 0.222 e. The van der Waals surface area contributed by atoms with Gasteiger partial charge in [-0.15, -0.1) is 11.8 Å². The highest BCUT2D eigenvalue weighted by atomic mass is 32.2. The fourth-order valence-corrected chi connectivity index (χ4v) is 3.51. The number of benzene rings is 1. The lowest BCUT2D eigenvalue weighted by Gasteiger charge is -2.31. The van der Waals surface area contributed by atoms with Crippen LogP contribution in [-0.4, -0.2) is 29.0 Å². The van der Waals surface area contributed by atoms with E-state index in [9.17, 15) is 4.79 Å². The minimum absolute atomic E-state index is 0.0915. The number of piperidine rings is 1. The predicted molar refractivity (Wildman–Crippen MR) is 92.2 cm³/mol. The largest absolute Gasteiger partial charge is 0.369 e. The molecule has 1 atom stereocenters. The number of nitrogens with two attached hydrogens (primary N) is 1. The number of carbonyl (C=O) groups is 1. The number of hydrogen-bond donors (Lipinski definition) is 1. The van der Waals surface area contributed by atoms with Gasteiger partial charge < -0.3 is 10.6 Å². The maximum absolute atomic E-state index is 11.4. The van der Waals surface area contributed by atoms with Crippen molar-refractivity contribution >= 4 is 23.5 Å². The van der Waals surface area contributed by atoms with E-state index in [0.29, 0.717) is 6.54 Å². The normalized spacial score (nSPS) is 17.9. The summed E-state index contributed by atoms with van der Waals surface area (Å²) in [7, 11) is 0. The number of rotatable bonds is 5. The van der Waals surface area contributed by atoms with Crippen LogP contribution in [0.4, 0.5) is 5.82 Å². The van der Waals surface area contributed by atoms with Crippen LogP contribution in [0.15, 0.2) is 47.8 Å². The summed E-state index contributed by atoms with van der Waals surface area (Å²) >= 11 is 1.67. The molecule has 0 saturated carbocycles. The number of hydrogen-bond acceptors (Lipinski definition) is 5. The Balaban J connectivity index is 1.66. The first kappa shape index (κ1) is 15.8. The van der Waals surface area contributed by atoms with E-state index in [1.807, 2.05) is 18.2 Å². The molecule has 2 N–H and O–H groups in total. The van der Waals surface area contributed by atoms with Gasteiger partial charge in [0.1, 0.15) is 10.8 Å². The van der Waals surface area contributed by atoms with Crippen molar-refractivity contribution in [1.82, 2.24) is 9.97 Å². The van der Waals surface area contributed by atoms with Gasteiger partial charge in [-0.1, -0.05) is 30.3 Å². The highest BCUT2D eigenvalue weighted by Crippen LogP contribution is 2.25. The minimum Gasteiger partial charge on any atom is -0.369 e. The molecule has 1 aromatic carbocycles. The number of thioether (sulfide) groups is 1. The monoisotopic (exact) mass is 328 g/mol. The fraction of sp³-hybridized carbons (Fsp3) is 0.353. The van der Waals surface area contributed by atoms with E-state index in [-0.39, 0.29) is 11.8 Å². The van der Waals surface area contributed by atoms with Gasteiger partial charge >= 0.3 is 0 Å². The second-order valence-electron chi connectivity index (χ2n) is 5.68. The van der Waals surface area contributed by atoms with Gasteiger partial charge in [0.15, 0.2) is 0 Å². The van der Waals surface area contributed by atoms with Crippen LogP contribution in [0.3, 0.4) is 0 Å². The highest BCUT2D eigenvalue weighted by molar-refractivity contribution is 7.98. The van der Waals surface area contributed by atoms with Crippen LogP contribution in [0.25, 0.3) is 0 Å². The average Bonchev–Trinajstić information content (AvgIpc) is 2.61. The summed E-state index contributed by atoms with van der Waals surface area (Å²) in [6.45, 7) is 1.53. The lowest BCUT2D eigenvalue weighted by atomic mass is 9.98. The molecule has 1 amide bonds. The van der Waals surface area contributed by atoms with Gasteiger partial charge in [-0.2, -0.15) is 0 Å². The van der Waals surface area contributed by atoms with Crippen molar-refractivity contribution in [1.29, 1.82) is 0 Å². The Morgan fingerprint density at radius 3 is 2.91 bits per heavy atom. The van der Waals surface area contributed by atoms with Crippen LogP contribution < -0.4 is 10.6 Å². The Morgan fingerprint density at radius 1 is 1.30 bits per heavy atom. The zero-order valence-electron chi connectivity index (χ0n) is 12.9. The lowest BCUT2D eigenvalue weighted by molar-refractivity contribution is -0.122. The molecule has 23 heavy (non-hydrogen) atoms. The molecule has 1 unspecified atom stereocenters. The number of anilines is 1. The minimum atomic E-state index is -0.225. The predicted octanol–water partition coefficient (Wildman–Crippen LogP) is 2.47. The van der Waals surface area contributed by atoms with Crippen molar-refractivity contribution in [3.63, 3.8) is 0 Å². The molecule has 0 bridgehead atoms. The Bertz CT molecular complexity index is 665. The summed E-state index contributed by atoms with van der Waals surface area (Å²) in [6, 6.07) is 10.3. The van der Waals surface area contributed by atoms with E-state index in [4.69, 9.17) is 5.73 Å². The topological polar surface area (TPSA) is 72.1 Å². The molecule has 1 aromatic heterocycles. The van der Waals surface area contributed by atoms with Crippen LogP contribution in [0.2, 0.25) is 0 Å². The molecule has 5 nitrogen and oxygen atoms in total. The van der Waals surface area contributed by atoms with Gasteiger partial charge in [0.25, 0.3) is 0 Å². The summed E-state index contributed by atoms with van der Waals surface area (Å²) in [4.78, 5) is 22.5. The van der Waals surface area contributed by atoms with E-state index in [0.717, 1.165) is 36.0 Å². The number of carbonyl (C=O) groups excluding carboxylic acids is 1. The Kier molecular flexibility index (Phi) is 5.12. The van der Waals surface area contributed by atoms with Crippen molar-refractivity contribution in [2.24, 2.45) is 11.7 Å². The van der Waals surface area contributed by atoms with E-state index < -0.39 is 0 Å². The summed E-state index contributed by atoms with van der Waals surface area (Å²) < 4.78 is 0. The van der Waals surface area contributed by atoms with E-state index in [2.05, 4.69) is 27.0 Å². The second kappa shape index (κ2) is 7.46. The molecule has 1 fully saturated rings. The van der Waals surface area contributed by atoms with E-state index in [1.54, 1.807) is 24.2 Å². The molecule has 3 rings (SSSR count). The molecule has 0 spiro atoms. The van der Waals surface area contributed by atoms with Gasteiger partial charge in [-0.25, -0.2) is 4.98 Å². The number of aromatic nitrogens is 2. The Labute approximate surface area is 140 Å². The lowest BCUT2D eigenvalue weighted by Crippen LogP contribution is -2.41. The molecule has 1 aliphatic rings. The van der Waals surface area contributed by atoms with Gasteiger partial charge in [0.2, 0.25) is 5.91 Å². The molecule has 0 radical (unpaired) electrons. The van der Waals surface area contributed by atoms with Crippen molar-refractivity contribution in [3.8, 4) is 0 Å². The molecular weight excluding hydrogens is 308 g/mol. The Morgan fingerprint density at radius 2 is 2.13 bits per heavy atom. The van der Waals surface area contributed by atoms with Crippen LogP contribution in [-0.2, 0) is 10.5 Å². The Hall–Kier alpha value is -2.08. The second-order valence-corrected chi connectivity index (χ2v) is 6.67. The average molecular weight is 328 g/mol. The number of primary amides is 1. The molecule has 2 aromatic rings. The van der Waals surface area contributed by atoms with Crippen LogP contribution >= 0.6 is 11.8 Å². The zero-order chi connectivity index (χ0) is 16.1. The molecule has 2 heterocycles. The molecule has 1 saturated heterocycles. The number of amides is 1. The molecule has 120 valence electrons. The number of nitrogens with zero attached hydrogens (tertiary/aromatic N) is 3. The fourth-order valence-electron chi connectivity index (χ4n) is 2.71. The first-order valence-electron chi connectivity index (χ1n) is 7.75. The maximum Gasteiger partial charge on any atom is 0.222 e. The van der Waals surface area contributed by atoms with Gasteiger partial charge in [-0.05, 0) is 18.4 Å². The first-order valence-corrected chi connectivity index (χ1v) is 8.74. The third kappa shape index (κ3) is 4.22. The third-order valence-corrected chi connectivity index (χ3v) is 4.95. The van der Waals surface area contributed by atoms with Gasteiger partial charge in [-0.3, -0.25) is 9.78 Å². The summed E-state index contributed by atoms with van der Waals surface area (Å²) in [5.41, 5.74) is 6.70. The van der Waals surface area contributed by atoms with Crippen LogP contribution in [0.1, 0.15) is 18.4 Å². The maximum atomic E-state index is 11.4. The van der Waals surface area contributed by atoms with E-state index >= 15 is 0 Å². The van der Waals surface area contributed by atoms with Crippen molar-refractivity contribution in [2.75, 3.05) is 18.0 Å². The molecule has 6 heteroatoms. The summed E-state index contributed by atoms with van der Waals surface area (Å²) in [6.07, 6.45) is 5.36. The molecule has 1 aliphatic heterocycles. The van der Waals surface area contributed by atoms with Crippen LogP contribution in [0, 0.1) is 5.92 Å². The third-order valence-electron chi connectivity index (χ3n) is 3.98. The van der Waals surface area contributed by atoms with Crippen molar-refractivity contribution < 1.29 is 4.79 Å². The summed E-state index contributed by atoms with van der Waals surface area (Å²) in [5, 5.41) is 0.896.